The zero-order valence-corrected chi connectivity index (χ0v) is 11.9. The standard InChI is InChI=1S/C13H21N5O/c1-9-16-10(14-3)7-11(17-9)18-6-5-13(2,8-18)12(19)15-4/h7H,5-6,8H2,1-4H3,(H,15,19)(H,14,16,17). The number of anilines is 2. The van der Waals surface area contributed by atoms with E-state index in [0.717, 1.165) is 30.4 Å². The van der Waals surface area contributed by atoms with Crippen LogP contribution in [-0.4, -0.2) is 43.1 Å². The van der Waals surface area contributed by atoms with Gasteiger partial charge in [-0.2, -0.15) is 0 Å². The van der Waals surface area contributed by atoms with E-state index in [1.165, 1.54) is 0 Å². The Morgan fingerprint density at radius 1 is 1.42 bits per heavy atom. The van der Waals surface area contributed by atoms with Crippen molar-refractivity contribution in [3.63, 3.8) is 0 Å². The first-order chi connectivity index (χ1) is 8.98. The lowest BCUT2D eigenvalue weighted by molar-refractivity contribution is -0.128. The third-order valence-electron chi connectivity index (χ3n) is 3.65. The highest BCUT2D eigenvalue weighted by Gasteiger charge is 2.40. The summed E-state index contributed by atoms with van der Waals surface area (Å²) < 4.78 is 0. The molecule has 1 fully saturated rings. The van der Waals surface area contributed by atoms with Gasteiger partial charge in [-0.1, -0.05) is 0 Å². The molecule has 2 heterocycles. The van der Waals surface area contributed by atoms with Gasteiger partial charge in [0.1, 0.15) is 17.5 Å². The number of aromatic nitrogens is 2. The first-order valence-corrected chi connectivity index (χ1v) is 6.49. The third-order valence-corrected chi connectivity index (χ3v) is 3.65. The van der Waals surface area contributed by atoms with Crippen LogP contribution in [0.4, 0.5) is 11.6 Å². The molecule has 2 N–H and O–H groups in total. The molecule has 0 saturated carbocycles. The maximum Gasteiger partial charge on any atom is 0.227 e. The largest absolute Gasteiger partial charge is 0.373 e. The lowest BCUT2D eigenvalue weighted by Crippen LogP contribution is -2.39. The predicted molar refractivity (Wildman–Crippen MR) is 75.3 cm³/mol. The van der Waals surface area contributed by atoms with Gasteiger partial charge in [0.05, 0.1) is 5.41 Å². The molecule has 1 aliphatic rings. The molecular formula is C13H21N5O. The molecular weight excluding hydrogens is 242 g/mol. The fraction of sp³-hybridized carbons (Fsp3) is 0.615. The van der Waals surface area contributed by atoms with Gasteiger partial charge >= 0.3 is 0 Å². The molecule has 1 atom stereocenters. The summed E-state index contributed by atoms with van der Waals surface area (Å²) in [5.74, 6) is 2.51. The number of aryl methyl sites for hydroxylation is 1. The van der Waals surface area contributed by atoms with Gasteiger partial charge in [-0.25, -0.2) is 9.97 Å². The Kier molecular flexibility index (Phi) is 3.59. The molecule has 1 amide bonds. The molecule has 0 radical (unpaired) electrons. The molecule has 1 aromatic heterocycles. The molecule has 1 aliphatic heterocycles. The van der Waals surface area contributed by atoms with Crippen molar-refractivity contribution >= 4 is 17.5 Å². The van der Waals surface area contributed by atoms with Gasteiger partial charge in [0.25, 0.3) is 0 Å². The van der Waals surface area contributed by atoms with E-state index in [2.05, 4.69) is 25.5 Å². The highest BCUT2D eigenvalue weighted by molar-refractivity contribution is 5.83. The highest BCUT2D eigenvalue weighted by Crippen LogP contribution is 2.33. The Labute approximate surface area is 113 Å². The van der Waals surface area contributed by atoms with Crippen molar-refractivity contribution in [1.82, 2.24) is 15.3 Å². The maximum atomic E-state index is 11.9. The van der Waals surface area contributed by atoms with Crippen LogP contribution in [-0.2, 0) is 4.79 Å². The van der Waals surface area contributed by atoms with E-state index >= 15 is 0 Å². The number of hydrogen-bond donors (Lipinski definition) is 2. The van der Waals surface area contributed by atoms with Gasteiger partial charge in [0, 0.05) is 33.3 Å². The summed E-state index contributed by atoms with van der Waals surface area (Å²) in [7, 11) is 3.52. The van der Waals surface area contributed by atoms with E-state index in [0.29, 0.717) is 6.54 Å². The normalized spacial score (nSPS) is 22.4. The van der Waals surface area contributed by atoms with E-state index in [9.17, 15) is 4.79 Å². The molecule has 0 spiro atoms. The van der Waals surface area contributed by atoms with Gasteiger partial charge in [-0.15, -0.1) is 0 Å². The summed E-state index contributed by atoms with van der Waals surface area (Å²) >= 11 is 0. The van der Waals surface area contributed by atoms with Crippen LogP contribution in [0.2, 0.25) is 0 Å². The van der Waals surface area contributed by atoms with Crippen LogP contribution >= 0.6 is 0 Å². The first kappa shape index (κ1) is 13.6. The second kappa shape index (κ2) is 5.03. The summed E-state index contributed by atoms with van der Waals surface area (Å²) in [5, 5.41) is 5.77. The van der Waals surface area contributed by atoms with Crippen LogP contribution in [0, 0.1) is 12.3 Å². The minimum Gasteiger partial charge on any atom is -0.373 e. The summed E-state index contributed by atoms with van der Waals surface area (Å²) in [4.78, 5) is 22.8. The Balaban J connectivity index is 2.21. The van der Waals surface area contributed by atoms with Crippen molar-refractivity contribution in [1.29, 1.82) is 0 Å². The van der Waals surface area contributed by atoms with Gasteiger partial charge in [-0.3, -0.25) is 4.79 Å². The Hall–Kier alpha value is -1.85. The van der Waals surface area contributed by atoms with Crippen molar-refractivity contribution in [3.05, 3.63) is 11.9 Å². The Morgan fingerprint density at radius 3 is 2.79 bits per heavy atom. The molecule has 6 heteroatoms. The average molecular weight is 263 g/mol. The Bertz CT molecular complexity index is 490. The van der Waals surface area contributed by atoms with E-state index < -0.39 is 0 Å². The van der Waals surface area contributed by atoms with E-state index in [-0.39, 0.29) is 11.3 Å². The van der Waals surface area contributed by atoms with Crippen LogP contribution < -0.4 is 15.5 Å². The zero-order valence-electron chi connectivity index (χ0n) is 11.9. The predicted octanol–water partition coefficient (Wildman–Crippen LogP) is 0.789. The molecule has 1 aromatic rings. The van der Waals surface area contributed by atoms with Crippen molar-refractivity contribution in [3.8, 4) is 0 Å². The minimum absolute atomic E-state index is 0.0922. The molecule has 6 nitrogen and oxygen atoms in total. The molecule has 104 valence electrons. The van der Waals surface area contributed by atoms with Crippen LogP contribution in [0.25, 0.3) is 0 Å². The van der Waals surface area contributed by atoms with Crippen molar-refractivity contribution in [2.45, 2.75) is 20.3 Å². The molecule has 19 heavy (non-hydrogen) atoms. The third kappa shape index (κ3) is 2.62. The summed E-state index contributed by atoms with van der Waals surface area (Å²) in [6.45, 7) is 5.40. The maximum absolute atomic E-state index is 11.9. The van der Waals surface area contributed by atoms with Crippen molar-refractivity contribution < 1.29 is 4.79 Å². The SMILES string of the molecule is CNC(=O)C1(C)CCN(c2cc(NC)nc(C)n2)C1. The fourth-order valence-corrected chi connectivity index (χ4v) is 2.49. The topological polar surface area (TPSA) is 70.2 Å². The van der Waals surface area contributed by atoms with Crippen molar-refractivity contribution in [2.75, 3.05) is 37.4 Å². The zero-order chi connectivity index (χ0) is 14.0. The van der Waals surface area contributed by atoms with Gasteiger partial charge in [0.15, 0.2) is 0 Å². The fourth-order valence-electron chi connectivity index (χ4n) is 2.49. The van der Waals surface area contributed by atoms with Crippen LogP contribution in [0.15, 0.2) is 6.07 Å². The number of amides is 1. The molecule has 1 unspecified atom stereocenters. The first-order valence-electron chi connectivity index (χ1n) is 6.49. The van der Waals surface area contributed by atoms with Gasteiger partial charge in [0.2, 0.25) is 5.91 Å². The molecule has 0 aliphatic carbocycles. The smallest absolute Gasteiger partial charge is 0.227 e. The molecule has 1 saturated heterocycles. The monoisotopic (exact) mass is 263 g/mol. The average Bonchev–Trinajstić information content (AvgIpc) is 2.81. The lowest BCUT2D eigenvalue weighted by atomic mass is 9.89. The highest BCUT2D eigenvalue weighted by atomic mass is 16.2. The number of carbonyl (C=O) groups excluding carboxylic acids is 1. The molecule has 0 bridgehead atoms. The number of nitrogens with zero attached hydrogens (tertiary/aromatic N) is 3. The summed E-state index contributed by atoms with van der Waals surface area (Å²) in [5.41, 5.74) is -0.340. The van der Waals surface area contributed by atoms with Crippen molar-refractivity contribution in [2.24, 2.45) is 5.41 Å². The number of carbonyl (C=O) groups is 1. The van der Waals surface area contributed by atoms with E-state index in [1.807, 2.05) is 27.0 Å². The second-order valence-corrected chi connectivity index (χ2v) is 5.22. The van der Waals surface area contributed by atoms with Gasteiger partial charge < -0.3 is 15.5 Å². The summed E-state index contributed by atoms with van der Waals surface area (Å²) in [6.07, 6.45) is 0.838. The minimum atomic E-state index is -0.340. The lowest BCUT2D eigenvalue weighted by Gasteiger charge is -2.23. The van der Waals surface area contributed by atoms with Gasteiger partial charge in [-0.05, 0) is 20.3 Å². The number of rotatable bonds is 3. The Morgan fingerprint density at radius 2 is 2.16 bits per heavy atom. The number of hydrogen-bond acceptors (Lipinski definition) is 5. The van der Waals surface area contributed by atoms with E-state index in [4.69, 9.17) is 0 Å². The summed E-state index contributed by atoms with van der Waals surface area (Å²) in [6, 6.07) is 1.92. The van der Waals surface area contributed by atoms with Crippen LogP contribution in [0.3, 0.4) is 0 Å². The van der Waals surface area contributed by atoms with Crippen LogP contribution in [0.5, 0.6) is 0 Å². The van der Waals surface area contributed by atoms with E-state index in [1.54, 1.807) is 7.05 Å². The molecule has 2 rings (SSSR count). The quantitative estimate of drug-likeness (QED) is 0.843. The molecule has 0 aromatic carbocycles. The van der Waals surface area contributed by atoms with Crippen LogP contribution in [0.1, 0.15) is 19.2 Å². The second-order valence-electron chi connectivity index (χ2n) is 5.22. The number of nitrogens with one attached hydrogen (secondary N) is 2.